The Kier molecular flexibility index (Phi) is 8.06. The van der Waals surface area contributed by atoms with Crippen molar-refractivity contribution in [3.05, 3.63) is 136 Å². The summed E-state index contributed by atoms with van der Waals surface area (Å²) < 4.78 is 7.08. The Labute approximate surface area is 234 Å². The van der Waals surface area contributed by atoms with Gasteiger partial charge in [-0.25, -0.2) is 4.98 Å². The molecule has 1 aromatic heterocycles. The second-order valence-electron chi connectivity index (χ2n) is 9.72. The number of aryl methyl sites for hydroxylation is 1. The zero-order valence-corrected chi connectivity index (χ0v) is 23.1. The van der Waals surface area contributed by atoms with Crippen molar-refractivity contribution in [2.24, 2.45) is 0 Å². The van der Waals surface area contributed by atoms with E-state index in [4.69, 9.17) is 9.72 Å². The third-order valence-corrected chi connectivity index (χ3v) is 7.24. The van der Waals surface area contributed by atoms with Crippen LogP contribution in [-0.2, 0) is 13.0 Å². The van der Waals surface area contributed by atoms with E-state index in [0.717, 1.165) is 17.7 Å². The van der Waals surface area contributed by atoms with Gasteiger partial charge in [0.05, 0.1) is 29.7 Å². The maximum atomic E-state index is 14.2. The normalized spacial score (nSPS) is 11.8. The lowest BCUT2D eigenvalue weighted by Crippen LogP contribution is -2.38. The van der Waals surface area contributed by atoms with Crippen LogP contribution in [0.3, 0.4) is 0 Å². The Morgan fingerprint density at radius 3 is 2.30 bits per heavy atom. The van der Waals surface area contributed by atoms with Gasteiger partial charge < -0.3 is 9.64 Å². The van der Waals surface area contributed by atoms with E-state index in [9.17, 15) is 9.59 Å². The Bertz CT molecular complexity index is 1680. The van der Waals surface area contributed by atoms with Crippen molar-refractivity contribution in [1.29, 1.82) is 0 Å². The average Bonchev–Trinajstić information content (AvgIpc) is 3.01. The zero-order chi connectivity index (χ0) is 28.1. The summed E-state index contributed by atoms with van der Waals surface area (Å²) in [4.78, 5) is 35.1. The lowest BCUT2D eigenvalue weighted by molar-refractivity contribution is 0.0640. The number of rotatable bonds is 9. The molecule has 0 aliphatic heterocycles. The summed E-state index contributed by atoms with van der Waals surface area (Å²) >= 11 is 0. The topological polar surface area (TPSA) is 64.4 Å². The van der Waals surface area contributed by atoms with E-state index >= 15 is 0 Å². The number of carbonyl (C=O) groups is 1. The summed E-state index contributed by atoms with van der Waals surface area (Å²) in [6.07, 6.45) is 1.45. The van der Waals surface area contributed by atoms with Crippen LogP contribution in [0, 0.1) is 0 Å². The van der Waals surface area contributed by atoms with Crippen molar-refractivity contribution >= 4 is 16.8 Å². The molecule has 5 rings (SSSR count). The maximum absolute atomic E-state index is 14.2. The highest BCUT2D eigenvalue weighted by atomic mass is 16.5. The van der Waals surface area contributed by atoms with Crippen LogP contribution in [-0.4, -0.2) is 27.5 Å². The fourth-order valence-corrected chi connectivity index (χ4v) is 5.07. The first-order valence-corrected chi connectivity index (χ1v) is 13.6. The predicted molar refractivity (Wildman–Crippen MR) is 159 cm³/mol. The van der Waals surface area contributed by atoms with Gasteiger partial charge in [-0.15, -0.1) is 0 Å². The number of nitrogens with zero attached hydrogens (tertiary/aromatic N) is 3. The molecule has 1 amide bonds. The van der Waals surface area contributed by atoms with Crippen molar-refractivity contribution in [3.63, 3.8) is 0 Å². The van der Waals surface area contributed by atoms with E-state index in [0.29, 0.717) is 41.0 Å². The fraction of sp³-hybridized carbons (Fsp3) is 0.206. The van der Waals surface area contributed by atoms with Gasteiger partial charge in [0.2, 0.25) is 0 Å². The highest BCUT2D eigenvalue weighted by Gasteiger charge is 2.30. The summed E-state index contributed by atoms with van der Waals surface area (Å²) in [5.41, 5.74) is 3.85. The highest BCUT2D eigenvalue weighted by molar-refractivity contribution is 5.95. The molecule has 5 aromatic rings. The molecule has 0 aliphatic rings. The monoisotopic (exact) mass is 531 g/mol. The van der Waals surface area contributed by atoms with Crippen LogP contribution in [0.15, 0.2) is 108 Å². The number of hydrogen-bond donors (Lipinski definition) is 0. The second-order valence-corrected chi connectivity index (χ2v) is 9.72. The summed E-state index contributed by atoms with van der Waals surface area (Å²) in [6, 6.07) is 31.9. The second kappa shape index (κ2) is 12.0. The molecule has 202 valence electrons. The molecule has 0 aliphatic carbocycles. The molecule has 0 saturated carbocycles. The molecule has 0 radical (unpaired) electrons. The van der Waals surface area contributed by atoms with Crippen LogP contribution in [0.25, 0.3) is 16.6 Å². The third kappa shape index (κ3) is 5.38. The van der Waals surface area contributed by atoms with E-state index in [-0.39, 0.29) is 11.5 Å². The number of para-hydroxylation sites is 1. The van der Waals surface area contributed by atoms with Crippen LogP contribution in [0.2, 0.25) is 0 Å². The van der Waals surface area contributed by atoms with E-state index in [2.05, 4.69) is 6.92 Å². The first-order valence-electron chi connectivity index (χ1n) is 13.6. The van der Waals surface area contributed by atoms with E-state index in [1.165, 1.54) is 5.56 Å². The molecular weight excluding hydrogens is 498 g/mol. The molecule has 40 heavy (non-hydrogen) atoms. The number of hydrogen-bond acceptors (Lipinski definition) is 4. The number of ether oxygens (including phenoxy) is 1. The van der Waals surface area contributed by atoms with Crippen LogP contribution in [0.5, 0.6) is 5.75 Å². The summed E-state index contributed by atoms with van der Waals surface area (Å²) in [6.45, 7) is 4.48. The standard InChI is InChI=1S/C34H33N3O3/c1-4-24-18-20-27(21-19-24)37-32(35-30-17-10-9-16-29(30)34(37)39)31(5-2)36(23-25-12-7-6-8-13-25)33(38)26-14-11-15-28(22-26)40-3/h6-22,31H,4-5,23H2,1-3H3. The van der Waals surface area contributed by atoms with Crippen molar-refractivity contribution in [2.45, 2.75) is 39.3 Å². The van der Waals surface area contributed by atoms with Crippen molar-refractivity contribution in [2.75, 3.05) is 7.11 Å². The molecule has 4 aromatic carbocycles. The SMILES string of the molecule is CCc1ccc(-n2c(C(CC)N(Cc3ccccc3)C(=O)c3cccc(OC)c3)nc3ccccc3c2=O)cc1. The Morgan fingerprint density at radius 2 is 1.60 bits per heavy atom. The molecule has 0 saturated heterocycles. The minimum absolute atomic E-state index is 0.156. The first kappa shape index (κ1) is 26.9. The van der Waals surface area contributed by atoms with E-state index in [1.54, 1.807) is 29.9 Å². The van der Waals surface area contributed by atoms with Crippen molar-refractivity contribution in [3.8, 4) is 11.4 Å². The summed E-state index contributed by atoms with van der Waals surface area (Å²) in [5.74, 6) is 0.975. The lowest BCUT2D eigenvalue weighted by atomic mass is 10.1. The van der Waals surface area contributed by atoms with Gasteiger partial charge in [-0.05, 0) is 66.4 Å². The molecular formula is C34H33N3O3. The highest BCUT2D eigenvalue weighted by Crippen LogP contribution is 2.30. The van der Waals surface area contributed by atoms with Crippen molar-refractivity contribution in [1.82, 2.24) is 14.5 Å². The molecule has 1 heterocycles. The Morgan fingerprint density at radius 1 is 0.875 bits per heavy atom. The van der Waals surface area contributed by atoms with Gasteiger partial charge in [-0.2, -0.15) is 0 Å². The first-order chi connectivity index (χ1) is 19.5. The number of benzene rings is 4. The van der Waals surface area contributed by atoms with Gasteiger partial charge in [0, 0.05) is 12.1 Å². The molecule has 0 bridgehead atoms. The zero-order valence-electron chi connectivity index (χ0n) is 23.1. The minimum atomic E-state index is -0.484. The van der Waals surface area contributed by atoms with Crippen LogP contribution in [0.1, 0.15) is 53.6 Å². The fourth-order valence-electron chi connectivity index (χ4n) is 5.07. The Balaban J connectivity index is 1.72. The summed E-state index contributed by atoms with van der Waals surface area (Å²) in [5, 5.41) is 0.536. The molecule has 6 heteroatoms. The van der Waals surface area contributed by atoms with Gasteiger partial charge in [0.15, 0.2) is 0 Å². The number of aromatic nitrogens is 2. The molecule has 1 unspecified atom stereocenters. The number of methoxy groups -OCH3 is 1. The van der Waals surface area contributed by atoms with Crippen molar-refractivity contribution < 1.29 is 9.53 Å². The quantitative estimate of drug-likeness (QED) is 0.211. The van der Waals surface area contributed by atoms with Crippen LogP contribution >= 0.6 is 0 Å². The van der Waals surface area contributed by atoms with Gasteiger partial charge >= 0.3 is 0 Å². The largest absolute Gasteiger partial charge is 0.497 e. The third-order valence-electron chi connectivity index (χ3n) is 7.24. The summed E-state index contributed by atoms with van der Waals surface area (Å²) in [7, 11) is 1.59. The predicted octanol–water partition coefficient (Wildman–Crippen LogP) is 6.75. The smallest absolute Gasteiger partial charge is 0.266 e. The van der Waals surface area contributed by atoms with Crippen LogP contribution < -0.4 is 10.3 Å². The van der Waals surface area contributed by atoms with Gasteiger partial charge in [0.1, 0.15) is 11.6 Å². The average molecular weight is 532 g/mol. The maximum Gasteiger partial charge on any atom is 0.266 e. The van der Waals surface area contributed by atoms with Gasteiger partial charge in [0.25, 0.3) is 11.5 Å². The lowest BCUT2D eigenvalue weighted by Gasteiger charge is -2.32. The van der Waals surface area contributed by atoms with Crippen LogP contribution in [0.4, 0.5) is 0 Å². The molecule has 0 N–H and O–H groups in total. The van der Waals surface area contributed by atoms with Gasteiger partial charge in [-0.3, -0.25) is 14.2 Å². The van der Waals surface area contributed by atoms with E-state index < -0.39 is 6.04 Å². The number of amides is 1. The molecule has 0 spiro atoms. The van der Waals surface area contributed by atoms with Gasteiger partial charge in [-0.1, -0.05) is 74.5 Å². The number of fused-ring (bicyclic) bond motifs is 1. The van der Waals surface area contributed by atoms with E-state index in [1.807, 2.05) is 96.8 Å². The molecule has 0 fully saturated rings. The minimum Gasteiger partial charge on any atom is -0.497 e. The molecule has 1 atom stereocenters. The molecule has 6 nitrogen and oxygen atoms in total. The number of carbonyl (C=O) groups excluding carboxylic acids is 1. The Hall–Kier alpha value is -4.71.